The number of benzene rings is 2. The van der Waals surface area contributed by atoms with E-state index in [0.717, 1.165) is 42.5 Å². The molecular formula is C26H35N3O4. The van der Waals surface area contributed by atoms with Gasteiger partial charge in [0.2, 0.25) is 5.91 Å². The second kappa shape index (κ2) is 12.4. The van der Waals surface area contributed by atoms with Gasteiger partial charge in [-0.15, -0.1) is 0 Å². The fraction of sp³-hybridized carbons (Fsp3) is 0.462. The molecule has 0 radical (unpaired) electrons. The van der Waals surface area contributed by atoms with Crippen molar-refractivity contribution in [2.45, 2.75) is 58.0 Å². The van der Waals surface area contributed by atoms with Gasteiger partial charge in [0.05, 0.1) is 5.57 Å². The van der Waals surface area contributed by atoms with E-state index in [1.807, 2.05) is 48.5 Å². The number of ether oxygens (including phenoxy) is 1. The van der Waals surface area contributed by atoms with Crippen LogP contribution in [-0.2, 0) is 9.59 Å². The van der Waals surface area contributed by atoms with E-state index in [9.17, 15) is 9.59 Å². The number of fused-ring (bicyclic) bond motifs is 1. The number of nitrogens with zero attached hydrogens (tertiary/aromatic N) is 1. The normalized spacial score (nSPS) is 16.8. The molecule has 1 unspecified atom stereocenters. The highest BCUT2D eigenvalue weighted by molar-refractivity contribution is 5.94. The Morgan fingerprint density at radius 3 is 2.73 bits per heavy atom. The van der Waals surface area contributed by atoms with Gasteiger partial charge in [-0.3, -0.25) is 19.7 Å². The molecule has 2 aromatic rings. The fourth-order valence-electron chi connectivity index (χ4n) is 4.11. The number of hydroxylamine groups is 1. The maximum absolute atomic E-state index is 13.1. The first-order valence-electron chi connectivity index (χ1n) is 11.8. The molecule has 1 aliphatic heterocycles. The third-order valence-corrected chi connectivity index (χ3v) is 6.08. The standard InChI is InChI=1S/C26H35N3O4/c1-19(2)29-16-15-22(17-29)27-26(31)21(10-4-3-5-14-25(30)28-32)18-33-24-13-8-11-20-9-6-7-12-23(20)24/h6-13,19,22,32H,3-5,14-18H2,1-2H3,(H,27,31)(H,28,30)/b21-10+. The average Bonchev–Trinajstić information content (AvgIpc) is 3.29. The minimum atomic E-state index is -0.396. The molecule has 7 heteroatoms. The average molecular weight is 454 g/mol. The summed E-state index contributed by atoms with van der Waals surface area (Å²) in [4.78, 5) is 26.7. The summed E-state index contributed by atoms with van der Waals surface area (Å²) in [6.45, 7) is 6.37. The van der Waals surface area contributed by atoms with Gasteiger partial charge in [-0.25, -0.2) is 5.48 Å². The second-order valence-electron chi connectivity index (χ2n) is 8.82. The van der Waals surface area contributed by atoms with E-state index in [1.54, 1.807) is 5.48 Å². The number of amides is 2. The molecule has 1 atom stereocenters. The highest BCUT2D eigenvalue weighted by Gasteiger charge is 2.26. The van der Waals surface area contributed by atoms with Gasteiger partial charge < -0.3 is 10.1 Å². The van der Waals surface area contributed by atoms with Gasteiger partial charge in [-0.1, -0.05) is 42.5 Å². The molecule has 0 aromatic heterocycles. The topological polar surface area (TPSA) is 90.9 Å². The first-order valence-corrected chi connectivity index (χ1v) is 11.8. The number of allylic oxidation sites excluding steroid dienone is 1. The van der Waals surface area contributed by atoms with Crippen LogP contribution in [-0.4, -0.2) is 53.7 Å². The van der Waals surface area contributed by atoms with Gasteiger partial charge in [-0.2, -0.15) is 0 Å². The highest BCUT2D eigenvalue weighted by Crippen LogP contribution is 2.25. The van der Waals surface area contributed by atoms with Gasteiger partial charge >= 0.3 is 0 Å². The van der Waals surface area contributed by atoms with Crippen molar-refractivity contribution in [2.75, 3.05) is 19.7 Å². The van der Waals surface area contributed by atoms with Crippen molar-refractivity contribution in [3.63, 3.8) is 0 Å². The van der Waals surface area contributed by atoms with Crippen molar-refractivity contribution in [3.05, 3.63) is 54.1 Å². The van der Waals surface area contributed by atoms with Gasteiger partial charge in [0, 0.05) is 37.0 Å². The van der Waals surface area contributed by atoms with Crippen LogP contribution in [0.5, 0.6) is 5.75 Å². The van der Waals surface area contributed by atoms with E-state index >= 15 is 0 Å². The lowest BCUT2D eigenvalue weighted by molar-refractivity contribution is -0.129. The summed E-state index contributed by atoms with van der Waals surface area (Å²) >= 11 is 0. The van der Waals surface area contributed by atoms with E-state index in [2.05, 4.69) is 24.1 Å². The molecule has 3 rings (SSSR count). The minimum Gasteiger partial charge on any atom is -0.488 e. The predicted octanol–water partition coefficient (Wildman–Crippen LogP) is 3.81. The number of hydrogen-bond acceptors (Lipinski definition) is 5. The smallest absolute Gasteiger partial charge is 0.250 e. The number of carbonyl (C=O) groups is 2. The van der Waals surface area contributed by atoms with Crippen LogP contribution < -0.4 is 15.5 Å². The number of unbranched alkanes of at least 4 members (excludes halogenated alkanes) is 2. The van der Waals surface area contributed by atoms with Crippen LogP contribution in [0.2, 0.25) is 0 Å². The lowest BCUT2D eigenvalue weighted by Gasteiger charge is -2.21. The highest BCUT2D eigenvalue weighted by atomic mass is 16.5. The summed E-state index contributed by atoms with van der Waals surface area (Å²) in [5.41, 5.74) is 2.24. The molecule has 0 spiro atoms. The molecule has 3 N–H and O–H groups in total. The SMILES string of the molecule is CC(C)N1CCC(NC(=O)/C(=C/CCCCC(=O)NO)COc2cccc3ccccc23)C1. The quantitative estimate of drug-likeness (QED) is 0.208. The largest absolute Gasteiger partial charge is 0.488 e. The second-order valence-corrected chi connectivity index (χ2v) is 8.82. The van der Waals surface area contributed by atoms with Crippen LogP contribution in [0.25, 0.3) is 10.8 Å². The van der Waals surface area contributed by atoms with Gasteiger partial charge in [0.1, 0.15) is 12.4 Å². The summed E-state index contributed by atoms with van der Waals surface area (Å²) in [6.07, 6.45) is 5.13. The van der Waals surface area contributed by atoms with Crippen LogP contribution >= 0.6 is 0 Å². The third kappa shape index (κ3) is 7.30. The van der Waals surface area contributed by atoms with Gasteiger partial charge in [-0.05, 0) is 51.0 Å². The van der Waals surface area contributed by atoms with E-state index in [-0.39, 0.29) is 25.0 Å². The van der Waals surface area contributed by atoms with E-state index in [1.165, 1.54) is 0 Å². The van der Waals surface area contributed by atoms with Crippen LogP contribution in [0.3, 0.4) is 0 Å². The van der Waals surface area contributed by atoms with Crippen LogP contribution in [0.1, 0.15) is 46.0 Å². The Hall–Kier alpha value is -2.90. The van der Waals surface area contributed by atoms with Gasteiger partial charge in [0.15, 0.2) is 0 Å². The van der Waals surface area contributed by atoms with Crippen molar-refractivity contribution in [1.82, 2.24) is 15.7 Å². The molecule has 33 heavy (non-hydrogen) atoms. The van der Waals surface area contributed by atoms with Crippen LogP contribution in [0, 0.1) is 0 Å². The molecule has 2 amide bonds. The van der Waals surface area contributed by atoms with Crippen molar-refractivity contribution in [1.29, 1.82) is 0 Å². The Labute approximate surface area is 195 Å². The van der Waals surface area contributed by atoms with Crippen LogP contribution in [0.4, 0.5) is 0 Å². The lowest BCUT2D eigenvalue weighted by atomic mass is 10.1. The Kier molecular flexibility index (Phi) is 9.27. The maximum Gasteiger partial charge on any atom is 0.250 e. The zero-order chi connectivity index (χ0) is 23.6. The first kappa shape index (κ1) is 24.7. The molecule has 1 saturated heterocycles. The maximum atomic E-state index is 13.1. The molecule has 0 saturated carbocycles. The molecular weight excluding hydrogens is 418 g/mol. The van der Waals surface area contributed by atoms with E-state index < -0.39 is 5.91 Å². The first-order chi connectivity index (χ1) is 16.0. The van der Waals surface area contributed by atoms with Crippen molar-refractivity contribution in [2.24, 2.45) is 0 Å². The Morgan fingerprint density at radius 2 is 1.97 bits per heavy atom. The molecule has 2 aromatic carbocycles. The van der Waals surface area contributed by atoms with E-state index in [0.29, 0.717) is 24.5 Å². The van der Waals surface area contributed by atoms with Crippen molar-refractivity contribution >= 4 is 22.6 Å². The fourth-order valence-corrected chi connectivity index (χ4v) is 4.11. The lowest BCUT2D eigenvalue weighted by Crippen LogP contribution is -2.39. The number of carbonyl (C=O) groups excluding carboxylic acids is 2. The van der Waals surface area contributed by atoms with Gasteiger partial charge in [0.25, 0.3) is 5.91 Å². The zero-order valence-corrected chi connectivity index (χ0v) is 19.5. The van der Waals surface area contributed by atoms with Crippen LogP contribution in [0.15, 0.2) is 54.1 Å². The van der Waals surface area contributed by atoms with E-state index in [4.69, 9.17) is 9.94 Å². The molecule has 178 valence electrons. The number of rotatable bonds is 11. The Bertz CT molecular complexity index is 968. The van der Waals surface area contributed by atoms with Crippen molar-refractivity contribution < 1.29 is 19.5 Å². The number of nitrogens with one attached hydrogen (secondary N) is 2. The number of hydrogen-bond donors (Lipinski definition) is 3. The monoisotopic (exact) mass is 453 g/mol. The Morgan fingerprint density at radius 1 is 1.18 bits per heavy atom. The number of likely N-dealkylation sites (tertiary alicyclic amines) is 1. The third-order valence-electron chi connectivity index (χ3n) is 6.08. The summed E-state index contributed by atoms with van der Waals surface area (Å²) < 4.78 is 6.10. The molecule has 1 heterocycles. The minimum absolute atomic E-state index is 0.0982. The summed E-state index contributed by atoms with van der Waals surface area (Å²) in [5.74, 6) is 0.254. The molecule has 1 fully saturated rings. The van der Waals surface area contributed by atoms with Crippen molar-refractivity contribution in [3.8, 4) is 5.75 Å². The summed E-state index contributed by atoms with van der Waals surface area (Å²) in [7, 11) is 0. The Balaban J connectivity index is 1.64. The molecule has 1 aliphatic rings. The molecule has 0 bridgehead atoms. The molecule has 7 nitrogen and oxygen atoms in total. The summed E-state index contributed by atoms with van der Waals surface area (Å²) in [6, 6.07) is 14.5. The molecule has 0 aliphatic carbocycles. The predicted molar refractivity (Wildman–Crippen MR) is 129 cm³/mol. The summed E-state index contributed by atoms with van der Waals surface area (Å²) in [5, 5.41) is 13.9. The zero-order valence-electron chi connectivity index (χ0n) is 19.5.